The van der Waals surface area contributed by atoms with E-state index < -0.39 is 44.1 Å². The largest absolute Gasteiger partial charge is 0.388 e. The molecule has 1 saturated heterocycles. The van der Waals surface area contributed by atoms with Crippen LogP contribution in [0.5, 0.6) is 0 Å². The Morgan fingerprint density at radius 2 is 2.08 bits per heavy atom. The zero-order valence-corrected chi connectivity index (χ0v) is 7.12. The van der Waals surface area contributed by atoms with E-state index in [4.69, 9.17) is 15.0 Å². The molecule has 1 rings (SSSR count). The van der Waals surface area contributed by atoms with E-state index in [0.717, 1.165) is 0 Å². The third-order valence-corrected chi connectivity index (χ3v) is 2.01. The predicted octanol–water partition coefficient (Wildman–Crippen LogP) is -1.15. The SMILES string of the molecule is [2H]C(O[C@@H]1O[C@@H](C)[C@@H](O)[C@@H](O)[C@@H]1O)C([2H])([2H])[2H]. The summed E-state index contributed by atoms with van der Waals surface area (Å²) in [5.41, 5.74) is 0. The maximum absolute atomic E-state index is 9.51. The molecule has 6 atom stereocenters. The highest BCUT2D eigenvalue weighted by Gasteiger charge is 2.42. The second-order valence-electron chi connectivity index (χ2n) is 2.94. The van der Waals surface area contributed by atoms with Gasteiger partial charge in [-0.3, -0.25) is 0 Å². The fourth-order valence-electron chi connectivity index (χ4n) is 1.19. The van der Waals surface area contributed by atoms with Crippen molar-refractivity contribution in [1.82, 2.24) is 0 Å². The number of hydrogen-bond donors (Lipinski definition) is 3. The van der Waals surface area contributed by atoms with Gasteiger partial charge in [0.25, 0.3) is 0 Å². The molecule has 1 aliphatic heterocycles. The van der Waals surface area contributed by atoms with Gasteiger partial charge in [-0.15, -0.1) is 0 Å². The van der Waals surface area contributed by atoms with Gasteiger partial charge in [-0.2, -0.15) is 0 Å². The smallest absolute Gasteiger partial charge is 0.186 e. The van der Waals surface area contributed by atoms with Gasteiger partial charge in [-0.05, 0) is 13.8 Å². The minimum atomic E-state index is -2.67. The minimum Gasteiger partial charge on any atom is -0.388 e. The second-order valence-corrected chi connectivity index (χ2v) is 2.94. The second kappa shape index (κ2) is 4.34. The first-order chi connectivity index (χ1) is 7.64. The molecule has 0 aromatic heterocycles. The molecule has 1 unspecified atom stereocenters. The summed E-state index contributed by atoms with van der Waals surface area (Å²) in [5, 5.41) is 28.3. The van der Waals surface area contributed by atoms with Crippen LogP contribution in [0.25, 0.3) is 0 Å². The van der Waals surface area contributed by atoms with E-state index in [2.05, 4.69) is 0 Å². The average Bonchev–Trinajstić information content (AvgIpc) is 2.21. The van der Waals surface area contributed by atoms with Gasteiger partial charge >= 0.3 is 0 Å². The molecular weight excluding hydrogens is 176 g/mol. The molecule has 0 spiro atoms. The first kappa shape index (κ1) is 6.31. The molecule has 1 heterocycles. The molecule has 78 valence electrons. The fourth-order valence-corrected chi connectivity index (χ4v) is 1.19. The third kappa shape index (κ3) is 2.18. The van der Waals surface area contributed by atoms with Crippen molar-refractivity contribution in [2.75, 3.05) is 6.58 Å². The van der Waals surface area contributed by atoms with Crippen LogP contribution in [-0.2, 0) is 9.47 Å². The minimum absolute atomic E-state index is 0.831. The lowest BCUT2D eigenvalue weighted by Crippen LogP contribution is -2.57. The zero-order valence-electron chi connectivity index (χ0n) is 11.1. The molecule has 5 heteroatoms. The van der Waals surface area contributed by atoms with E-state index in [1.807, 2.05) is 0 Å². The summed E-state index contributed by atoms with van der Waals surface area (Å²) >= 11 is 0. The van der Waals surface area contributed by atoms with E-state index in [9.17, 15) is 15.3 Å². The summed E-state index contributed by atoms with van der Waals surface area (Å²) in [6.45, 7) is -3.13. The number of rotatable bonds is 2. The van der Waals surface area contributed by atoms with Gasteiger partial charge in [0.15, 0.2) is 6.29 Å². The summed E-state index contributed by atoms with van der Waals surface area (Å²) < 4.78 is 37.7. The highest BCUT2D eigenvalue weighted by Crippen LogP contribution is 2.21. The summed E-state index contributed by atoms with van der Waals surface area (Å²) in [6, 6.07) is 0. The standard InChI is InChI=1S/C8H16O5/c1-3-12-8-7(11)6(10)5(9)4(2)13-8/h4-11H,3H2,1-2H3/t4-,5+,6+,7-,8+/m0/s1/i1D3,3D/t3?,4-,5+,6+,7-,8+. The van der Waals surface area contributed by atoms with Gasteiger partial charge in [0, 0.05) is 10.7 Å². The quantitative estimate of drug-likeness (QED) is 0.520. The number of aliphatic hydroxyl groups is 3. The van der Waals surface area contributed by atoms with Crippen LogP contribution >= 0.6 is 0 Å². The number of ether oxygens (including phenoxy) is 2. The maximum Gasteiger partial charge on any atom is 0.186 e. The molecule has 0 bridgehead atoms. The zero-order chi connectivity index (χ0) is 13.4. The van der Waals surface area contributed by atoms with Crippen LogP contribution in [0.15, 0.2) is 0 Å². The van der Waals surface area contributed by atoms with Crippen LogP contribution < -0.4 is 0 Å². The molecule has 0 amide bonds. The van der Waals surface area contributed by atoms with Crippen LogP contribution in [0.1, 0.15) is 19.3 Å². The molecule has 0 radical (unpaired) electrons. The Morgan fingerprint density at radius 1 is 1.38 bits per heavy atom. The predicted molar refractivity (Wildman–Crippen MR) is 44.0 cm³/mol. The van der Waals surface area contributed by atoms with Crippen molar-refractivity contribution >= 4 is 0 Å². The lowest BCUT2D eigenvalue weighted by atomic mass is 10.0. The normalized spacial score (nSPS) is 54.3. The van der Waals surface area contributed by atoms with Gasteiger partial charge in [-0.1, -0.05) is 0 Å². The van der Waals surface area contributed by atoms with Crippen LogP contribution in [-0.4, -0.2) is 52.6 Å². The van der Waals surface area contributed by atoms with Crippen molar-refractivity contribution in [3.05, 3.63) is 0 Å². The molecule has 3 N–H and O–H groups in total. The first-order valence-corrected chi connectivity index (χ1v) is 3.92. The molecule has 0 aromatic rings. The summed E-state index contributed by atoms with van der Waals surface area (Å²) in [5.74, 6) is 0. The Kier molecular flexibility index (Phi) is 2.11. The molecule has 0 saturated carbocycles. The molecular formula is C8H16O5. The summed E-state index contributed by atoms with van der Waals surface area (Å²) in [7, 11) is 0. The maximum atomic E-state index is 9.51. The van der Waals surface area contributed by atoms with Crippen LogP contribution in [0.3, 0.4) is 0 Å². The van der Waals surface area contributed by atoms with Gasteiger partial charge in [-0.25, -0.2) is 0 Å². The molecule has 0 aliphatic carbocycles. The molecule has 5 nitrogen and oxygen atoms in total. The van der Waals surface area contributed by atoms with Crippen molar-refractivity contribution in [2.24, 2.45) is 0 Å². The Labute approximate surface area is 82.5 Å². The fraction of sp³-hybridized carbons (Fsp3) is 1.00. The van der Waals surface area contributed by atoms with E-state index in [-0.39, 0.29) is 0 Å². The van der Waals surface area contributed by atoms with Crippen molar-refractivity contribution in [1.29, 1.82) is 0 Å². The van der Waals surface area contributed by atoms with Crippen molar-refractivity contribution < 1.29 is 30.3 Å². The Morgan fingerprint density at radius 3 is 2.69 bits per heavy atom. The van der Waals surface area contributed by atoms with Crippen LogP contribution in [0.4, 0.5) is 0 Å². The van der Waals surface area contributed by atoms with Crippen molar-refractivity contribution in [2.45, 2.75) is 44.5 Å². The van der Waals surface area contributed by atoms with Gasteiger partial charge in [0.05, 0.1) is 7.47 Å². The number of aliphatic hydroxyl groups excluding tert-OH is 3. The van der Waals surface area contributed by atoms with E-state index in [0.29, 0.717) is 0 Å². The van der Waals surface area contributed by atoms with Crippen molar-refractivity contribution in [3.8, 4) is 0 Å². The monoisotopic (exact) mass is 196 g/mol. The molecule has 13 heavy (non-hydrogen) atoms. The van der Waals surface area contributed by atoms with E-state index >= 15 is 0 Å². The Bertz CT molecular complexity index is 261. The van der Waals surface area contributed by atoms with E-state index in [1.165, 1.54) is 6.92 Å². The lowest BCUT2D eigenvalue weighted by Gasteiger charge is -2.38. The number of hydrogen-bond acceptors (Lipinski definition) is 5. The van der Waals surface area contributed by atoms with Crippen LogP contribution in [0.2, 0.25) is 0 Å². The molecule has 1 fully saturated rings. The molecule has 0 aromatic carbocycles. The van der Waals surface area contributed by atoms with Gasteiger partial charge < -0.3 is 24.8 Å². The van der Waals surface area contributed by atoms with Gasteiger partial charge in [0.2, 0.25) is 0 Å². The molecule has 1 aliphatic rings. The Balaban J connectivity index is 2.66. The Hall–Kier alpha value is -0.200. The lowest BCUT2D eigenvalue weighted by molar-refractivity contribution is -0.291. The highest BCUT2D eigenvalue weighted by atomic mass is 16.7. The highest BCUT2D eigenvalue weighted by molar-refractivity contribution is 4.86. The topological polar surface area (TPSA) is 79.2 Å². The first-order valence-electron chi connectivity index (χ1n) is 5.99. The van der Waals surface area contributed by atoms with Gasteiger partial charge in [0.1, 0.15) is 18.3 Å². The van der Waals surface area contributed by atoms with Crippen LogP contribution in [0, 0.1) is 0 Å². The third-order valence-electron chi connectivity index (χ3n) is 2.01. The average molecular weight is 196 g/mol. The van der Waals surface area contributed by atoms with Crippen molar-refractivity contribution in [3.63, 3.8) is 0 Å². The summed E-state index contributed by atoms with van der Waals surface area (Å²) in [6.07, 6.45) is -6.68. The summed E-state index contributed by atoms with van der Waals surface area (Å²) in [4.78, 5) is 0. The van der Waals surface area contributed by atoms with E-state index in [1.54, 1.807) is 0 Å².